The summed E-state index contributed by atoms with van der Waals surface area (Å²) in [6, 6.07) is 16.6. The smallest absolute Gasteiger partial charge is 0.408 e. The zero-order valence-electron chi connectivity index (χ0n) is 20.9. The maximum atomic E-state index is 13.1. The monoisotopic (exact) mass is 482 g/mol. The summed E-state index contributed by atoms with van der Waals surface area (Å²) in [5, 5.41) is 7.18. The van der Waals surface area contributed by atoms with Crippen LogP contribution in [0.5, 0.6) is 5.75 Å². The Morgan fingerprint density at radius 2 is 1.74 bits per heavy atom. The van der Waals surface area contributed by atoms with Crippen molar-refractivity contribution in [3.8, 4) is 5.75 Å². The number of esters is 1. The number of rotatable bonds is 9. The number of ether oxygens (including phenoxy) is 3. The summed E-state index contributed by atoms with van der Waals surface area (Å²) in [6.45, 7) is 7.36. The van der Waals surface area contributed by atoms with Crippen LogP contribution in [0.2, 0.25) is 0 Å². The van der Waals surface area contributed by atoms with Crippen LogP contribution in [-0.4, -0.2) is 49.2 Å². The van der Waals surface area contributed by atoms with Crippen molar-refractivity contribution in [1.29, 1.82) is 0 Å². The molecule has 0 bridgehead atoms. The first kappa shape index (κ1) is 26.1. The minimum atomic E-state index is -0.777. The highest BCUT2D eigenvalue weighted by Gasteiger charge is 2.46. The maximum Gasteiger partial charge on any atom is 0.408 e. The molecule has 2 aromatic carbocycles. The summed E-state index contributed by atoms with van der Waals surface area (Å²) in [4.78, 5) is 31.6. The van der Waals surface area contributed by atoms with Gasteiger partial charge in [0.15, 0.2) is 6.10 Å². The number of hydrogen-bond acceptors (Lipinski definition) is 7. The second-order valence-electron chi connectivity index (χ2n) is 9.35. The van der Waals surface area contributed by atoms with E-state index in [-0.39, 0.29) is 6.61 Å². The Hall–Kier alpha value is -3.55. The molecule has 188 valence electrons. The zero-order chi connectivity index (χ0) is 25.4. The Balaban J connectivity index is 1.86. The van der Waals surface area contributed by atoms with Gasteiger partial charge in [-0.2, -0.15) is 0 Å². The van der Waals surface area contributed by atoms with E-state index < -0.39 is 35.7 Å². The number of amides is 1. The summed E-state index contributed by atoms with van der Waals surface area (Å²) in [7, 11) is 1.61. The number of methoxy groups -OCH3 is 1. The van der Waals surface area contributed by atoms with Crippen LogP contribution in [0, 0.1) is 5.92 Å². The Bertz CT molecular complexity index is 1010. The van der Waals surface area contributed by atoms with Gasteiger partial charge in [0.05, 0.1) is 25.5 Å². The predicted molar refractivity (Wildman–Crippen MR) is 132 cm³/mol. The minimum Gasteiger partial charge on any atom is -0.497 e. The molecule has 3 rings (SSSR count). The van der Waals surface area contributed by atoms with Crippen molar-refractivity contribution in [2.24, 2.45) is 11.1 Å². The second-order valence-corrected chi connectivity index (χ2v) is 9.35. The van der Waals surface area contributed by atoms with Gasteiger partial charge in [0.1, 0.15) is 17.3 Å². The lowest BCUT2D eigenvalue weighted by Gasteiger charge is -2.28. The Kier molecular flexibility index (Phi) is 8.73. The highest BCUT2D eigenvalue weighted by molar-refractivity contribution is 6.04. The molecule has 1 heterocycles. The van der Waals surface area contributed by atoms with Gasteiger partial charge in [-0.15, -0.1) is 0 Å². The lowest BCUT2D eigenvalue weighted by Crippen LogP contribution is -2.51. The first-order valence-corrected chi connectivity index (χ1v) is 11.8. The molecule has 0 radical (unpaired) electrons. The van der Waals surface area contributed by atoms with Gasteiger partial charge >= 0.3 is 12.1 Å². The number of carbonyl (C=O) groups excluding carboxylic acids is 2. The summed E-state index contributed by atoms with van der Waals surface area (Å²) in [5.41, 5.74) is 1.79. The summed E-state index contributed by atoms with van der Waals surface area (Å²) < 4.78 is 16.1. The largest absolute Gasteiger partial charge is 0.497 e. The van der Waals surface area contributed by atoms with E-state index in [1.54, 1.807) is 34.8 Å². The standard InChI is InChI=1S/C27H34N2O6/c1-6-33-25(30)23-21(16-19-12-14-20(32-5)15-13-19)29-35-24(23)22(17-18-10-8-7-9-11-18)28-26(31)34-27(2,3)4/h7-15,22-24H,6,16-17H2,1-5H3,(H,28,31)/t22-,23-,24+/m0/s1. The molecule has 1 amide bonds. The zero-order valence-corrected chi connectivity index (χ0v) is 20.9. The molecule has 3 atom stereocenters. The van der Waals surface area contributed by atoms with Crippen molar-refractivity contribution in [2.75, 3.05) is 13.7 Å². The van der Waals surface area contributed by atoms with Gasteiger partial charge in [0.25, 0.3) is 0 Å². The highest BCUT2D eigenvalue weighted by atomic mass is 16.7. The average Bonchev–Trinajstić information content (AvgIpc) is 3.22. The van der Waals surface area contributed by atoms with E-state index in [4.69, 9.17) is 19.0 Å². The number of hydrogen-bond donors (Lipinski definition) is 1. The molecule has 1 aliphatic heterocycles. The van der Waals surface area contributed by atoms with Crippen LogP contribution in [0.1, 0.15) is 38.8 Å². The third-order valence-corrected chi connectivity index (χ3v) is 5.46. The van der Waals surface area contributed by atoms with E-state index >= 15 is 0 Å². The van der Waals surface area contributed by atoms with Crippen molar-refractivity contribution in [1.82, 2.24) is 5.32 Å². The normalized spacial score (nSPS) is 18.1. The SMILES string of the molecule is CCOC(=O)[C@H]1C(Cc2ccc(OC)cc2)=NO[C@@H]1[C@H](Cc1ccccc1)NC(=O)OC(C)(C)C. The molecule has 1 aliphatic rings. The van der Waals surface area contributed by atoms with E-state index in [1.165, 1.54) is 0 Å². The molecule has 8 heteroatoms. The van der Waals surface area contributed by atoms with E-state index in [9.17, 15) is 9.59 Å². The van der Waals surface area contributed by atoms with Gasteiger partial charge in [0.2, 0.25) is 0 Å². The fourth-order valence-electron chi connectivity index (χ4n) is 3.91. The molecule has 0 fully saturated rings. The number of carbonyl (C=O) groups is 2. The molecule has 35 heavy (non-hydrogen) atoms. The van der Waals surface area contributed by atoms with Gasteiger partial charge in [-0.05, 0) is 57.4 Å². The van der Waals surface area contributed by atoms with Crippen molar-refractivity contribution in [3.05, 3.63) is 65.7 Å². The molecule has 8 nitrogen and oxygen atoms in total. The molecular formula is C27H34N2O6. The predicted octanol–water partition coefficient (Wildman–Crippen LogP) is 4.31. The molecule has 1 N–H and O–H groups in total. The fourth-order valence-corrected chi connectivity index (χ4v) is 3.91. The third-order valence-electron chi connectivity index (χ3n) is 5.46. The van der Waals surface area contributed by atoms with Gasteiger partial charge in [-0.1, -0.05) is 47.6 Å². The number of nitrogens with zero attached hydrogens (tertiary/aromatic N) is 1. The van der Waals surface area contributed by atoms with Gasteiger partial charge in [-0.25, -0.2) is 4.79 Å². The minimum absolute atomic E-state index is 0.223. The highest BCUT2D eigenvalue weighted by Crippen LogP contribution is 2.28. The number of benzene rings is 2. The van der Waals surface area contributed by atoms with Gasteiger partial charge in [0, 0.05) is 6.42 Å². The van der Waals surface area contributed by atoms with Crippen LogP contribution in [0.4, 0.5) is 4.79 Å². The average molecular weight is 483 g/mol. The lowest BCUT2D eigenvalue weighted by molar-refractivity contribution is -0.149. The Labute approximate surface area is 206 Å². The summed E-state index contributed by atoms with van der Waals surface area (Å²) in [6.07, 6.45) is -0.524. The molecular weight excluding hydrogens is 448 g/mol. The van der Waals surface area contributed by atoms with Gasteiger partial charge < -0.3 is 24.4 Å². The molecule has 0 spiro atoms. The molecule has 0 saturated carbocycles. The van der Waals surface area contributed by atoms with Crippen molar-refractivity contribution in [3.63, 3.8) is 0 Å². The first-order chi connectivity index (χ1) is 16.7. The van der Waals surface area contributed by atoms with Crippen LogP contribution in [0.25, 0.3) is 0 Å². The van der Waals surface area contributed by atoms with Crippen LogP contribution in [-0.2, 0) is 31.9 Å². The molecule has 2 aromatic rings. The fraction of sp³-hybridized carbons (Fsp3) is 0.444. The van der Waals surface area contributed by atoms with Crippen molar-refractivity contribution >= 4 is 17.8 Å². The van der Waals surface area contributed by atoms with Crippen LogP contribution in [0.3, 0.4) is 0 Å². The Morgan fingerprint density at radius 3 is 2.34 bits per heavy atom. The molecule has 0 aromatic heterocycles. The third kappa shape index (κ3) is 7.47. The number of nitrogens with one attached hydrogen (secondary N) is 1. The topological polar surface area (TPSA) is 95.5 Å². The van der Waals surface area contributed by atoms with Crippen LogP contribution >= 0.6 is 0 Å². The Morgan fingerprint density at radius 1 is 1.06 bits per heavy atom. The quantitative estimate of drug-likeness (QED) is 0.535. The molecule has 0 saturated heterocycles. The summed E-state index contributed by atoms with van der Waals surface area (Å²) >= 11 is 0. The second kappa shape index (κ2) is 11.7. The number of alkyl carbamates (subject to hydrolysis) is 1. The van der Waals surface area contributed by atoms with Crippen molar-refractivity contribution < 1.29 is 28.6 Å². The van der Waals surface area contributed by atoms with Gasteiger partial charge in [-0.3, -0.25) is 4.79 Å². The van der Waals surface area contributed by atoms with Crippen LogP contribution in [0.15, 0.2) is 59.8 Å². The maximum absolute atomic E-state index is 13.1. The first-order valence-electron chi connectivity index (χ1n) is 11.8. The lowest BCUT2D eigenvalue weighted by atomic mass is 9.86. The summed E-state index contributed by atoms with van der Waals surface area (Å²) in [5.74, 6) is -0.477. The van der Waals surface area contributed by atoms with E-state index in [2.05, 4.69) is 10.5 Å². The molecule has 0 unspecified atom stereocenters. The van der Waals surface area contributed by atoms with E-state index in [0.29, 0.717) is 18.6 Å². The van der Waals surface area contributed by atoms with Crippen LogP contribution < -0.4 is 10.1 Å². The van der Waals surface area contributed by atoms with E-state index in [1.807, 2.05) is 54.6 Å². The molecule has 0 aliphatic carbocycles. The van der Waals surface area contributed by atoms with E-state index in [0.717, 1.165) is 16.9 Å². The number of oxime groups is 1. The van der Waals surface area contributed by atoms with Crippen molar-refractivity contribution in [2.45, 2.75) is 58.3 Å².